The van der Waals surface area contributed by atoms with Gasteiger partial charge in [-0.15, -0.1) is 0 Å². The van der Waals surface area contributed by atoms with Gasteiger partial charge in [-0.25, -0.2) is 0 Å². The number of ketones is 1. The van der Waals surface area contributed by atoms with Gasteiger partial charge in [-0.05, 0) is 84.0 Å². The maximum atomic E-state index is 13.3. The third-order valence-corrected chi connectivity index (χ3v) is 7.31. The van der Waals surface area contributed by atoms with Crippen LogP contribution in [0.5, 0.6) is 11.5 Å². The van der Waals surface area contributed by atoms with Crippen LogP contribution in [-0.4, -0.2) is 42.5 Å². The molecule has 2 N–H and O–H groups in total. The van der Waals surface area contributed by atoms with E-state index < -0.39 is 11.9 Å². The molecule has 0 bridgehead atoms. The molecule has 0 saturated heterocycles. The molecule has 0 spiro atoms. The first kappa shape index (κ1) is 31.6. The third-order valence-electron chi connectivity index (χ3n) is 7.07. The molecule has 0 aliphatic rings. The highest BCUT2D eigenvalue weighted by molar-refractivity contribution is 6.30. The normalized spacial score (nSPS) is 11.6. The summed E-state index contributed by atoms with van der Waals surface area (Å²) in [6.07, 6.45) is 2.18. The summed E-state index contributed by atoms with van der Waals surface area (Å²) < 4.78 is 11.4. The molecule has 0 aromatic heterocycles. The van der Waals surface area contributed by atoms with Crippen LogP contribution < -0.4 is 14.8 Å². The predicted molar refractivity (Wildman–Crippen MR) is 168 cm³/mol. The van der Waals surface area contributed by atoms with Crippen molar-refractivity contribution in [1.82, 2.24) is 5.32 Å². The van der Waals surface area contributed by atoms with Crippen LogP contribution >= 0.6 is 11.6 Å². The van der Waals surface area contributed by atoms with Crippen LogP contribution in [0.15, 0.2) is 91.0 Å². The van der Waals surface area contributed by atoms with Crippen LogP contribution in [-0.2, 0) is 27.2 Å². The molecule has 1 unspecified atom stereocenters. The smallest absolute Gasteiger partial charge is 0.303 e. The van der Waals surface area contributed by atoms with Gasteiger partial charge in [-0.3, -0.25) is 14.4 Å². The van der Waals surface area contributed by atoms with Crippen molar-refractivity contribution >= 4 is 40.0 Å². The Balaban J connectivity index is 1.32. The number of hydrogen-bond acceptors (Lipinski definition) is 5. The van der Waals surface area contributed by atoms with E-state index in [9.17, 15) is 14.4 Å². The van der Waals surface area contributed by atoms with Crippen LogP contribution in [0.4, 0.5) is 0 Å². The van der Waals surface area contributed by atoms with E-state index in [1.165, 1.54) is 0 Å². The van der Waals surface area contributed by atoms with E-state index in [0.29, 0.717) is 55.4 Å². The number of rotatable bonds is 17. The fourth-order valence-corrected chi connectivity index (χ4v) is 4.95. The Bertz CT molecular complexity index is 1520. The van der Waals surface area contributed by atoms with Crippen molar-refractivity contribution in [2.24, 2.45) is 5.92 Å². The number of hydrogen-bond donors (Lipinski definition) is 2. The summed E-state index contributed by atoms with van der Waals surface area (Å²) in [6.45, 7) is 0.708. The number of fused-ring (bicyclic) bond motifs is 1. The number of Topliss-reactive ketones (excluding diaryl/α,β-unsaturated/α-hetero) is 1. The number of amides is 1. The van der Waals surface area contributed by atoms with Crippen molar-refractivity contribution in [3.05, 3.63) is 107 Å². The van der Waals surface area contributed by atoms with Crippen LogP contribution in [0.1, 0.15) is 36.8 Å². The standard InChI is InChI=1S/C35H36ClNO6/c36-30-8-3-5-25(22-30)18-19-37-35(41)29(21-26-10-15-32(16-11-26)42-20-4-9-34(39)40)12-14-31(38)24-43-33-17-13-27-6-1-2-7-28(27)23-33/h1-3,5-8,10-11,13,15-17,22-23,29H,4,9,12,14,18-21,24H2,(H,37,41)(H,39,40). The van der Waals surface area contributed by atoms with E-state index in [-0.39, 0.29) is 31.1 Å². The van der Waals surface area contributed by atoms with E-state index >= 15 is 0 Å². The summed E-state index contributed by atoms with van der Waals surface area (Å²) in [7, 11) is 0. The molecule has 43 heavy (non-hydrogen) atoms. The van der Waals surface area contributed by atoms with Gasteiger partial charge in [0.25, 0.3) is 0 Å². The van der Waals surface area contributed by atoms with Gasteiger partial charge in [0, 0.05) is 30.3 Å². The largest absolute Gasteiger partial charge is 0.494 e. The minimum atomic E-state index is -0.852. The number of carbonyl (C=O) groups excluding carboxylic acids is 2. The quantitative estimate of drug-likeness (QED) is 0.131. The Morgan fingerprint density at radius 1 is 0.791 bits per heavy atom. The molecule has 0 aliphatic heterocycles. The molecular formula is C35H36ClNO6. The van der Waals surface area contributed by atoms with Crippen molar-refractivity contribution in [2.75, 3.05) is 19.8 Å². The number of halogens is 1. The number of carboxylic acid groups (broad SMARTS) is 1. The first-order chi connectivity index (χ1) is 20.9. The third kappa shape index (κ3) is 10.8. The Labute approximate surface area is 256 Å². The van der Waals surface area contributed by atoms with E-state index in [2.05, 4.69) is 5.32 Å². The Morgan fingerprint density at radius 3 is 2.33 bits per heavy atom. The molecule has 8 heteroatoms. The van der Waals surface area contributed by atoms with Crippen LogP contribution in [0.3, 0.4) is 0 Å². The summed E-state index contributed by atoms with van der Waals surface area (Å²) in [4.78, 5) is 36.7. The lowest BCUT2D eigenvalue weighted by Gasteiger charge is -2.17. The molecule has 1 atom stereocenters. The molecule has 0 radical (unpaired) electrons. The molecule has 0 fully saturated rings. The summed E-state index contributed by atoms with van der Waals surface area (Å²) in [5.74, 6) is -0.180. The Kier molecular flexibility index (Phi) is 12.0. The fraction of sp³-hybridized carbons (Fsp3) is 0.286. The summed E-state index contributed by atoms with van der Waals surface area (Å²) >= 11 is 6.09. The monoisotopic (exact) mass is 601 g/mol. The molecule has 4 aromatic carbocycles. The topological polar surface area (TPSA) is 102 Å². The average Bonchev–Trinajstić information content (AvgIpc) is 3.00. The SMILES string of the molecule is O=C(O)CCCOc1ccc(CC(CCC(=O)COc2ccc3ccccc3c2)C(=O)NCCc2cccc(Cl)c2)cc1. The van der Waals surface area contributed by atoms with Gasteiger partial charge >= 0.3 is 5.97 Å². The zero-order chi connectivity index (χ0) is 30.4. The summed E-state index contributed by atoms with van der Waals surface area (Å²) in [6, 6.07) is 28.6. The van der Waals surface area contributed by atoms with Gasteiger partial charge in [-0.1, -0.05) is 66.2 Å². The highest BCUT2D eigenvalue weighted by Gasteiger charge is 2.20. The molecule has 4 rings (SSSR count). The maximum absolute atomic E-state index is 13.3. The lowest BCUT2D eigenvalue weighted by molar-refractivity contribution is -0.137. The number of carbonyl (C=O) groups is 3. The van der Waals surface area contributed by atoms with Crippen LogP contribution in [0.2, 0.25) is 5.02 Å². The second kappa shape index (κ2) is 16.3. The zero-order valence-electron chi connectivity index (χ0n) is 24.0. The first-order valence-electron chi connectivity index (χ1n) is 14.4. The van der Waals surface area contributed by atoms with Crippen molar-refractivity contribution in [1.29, 1.82) is 0 Å². The molecule has 1 amide bonds. The fourth-order valence-electron chi connectivity index (χ4n) is 4.74. The van der Waals surface area contributed by atoms with Crippen LogP contribution in [0.25, 0.3) is 10.8 Å². The highest BCUT2D eigenvalue weighted by atomic mass is 35.5. The number of carboxylic acids is 1. The Morgan fingerprint density at radius 2 is 1.56 bits per heavy atom. The van der Waals surface area contributed by atoms with E-state index in [0.717, 1.165) is 21.9 Å². The number of ether oxygens (including phenoxy) is 2. The van der Waals surface area contributed by atoms with E-state index in [4.69, 9.17) is 26.2 Å². The van der Waals surface area contributed by atoms with Crippen molar-refractivity contribution in [2.45, 2.75) is 38.5 Å². The van der Waals surface area contributed by atoms with E-state index in [1.54, 1.807) is 0 Å². The molecule has 0 aliphatic carbocycles. The average molecular weight is 602 g/mol. The molecule has 7 nitrogen and oxygen atoms in total. The molecular weight excluding hydrogens is 566 g/mol. The van der Waals surface area contributed by atoms with Crippen molar-refractivity contribution in [3.63, 3.8) is 0 Å². The predicted octanol–water partition coefficient (Wildman–Crippen LogP) is 6.68. The van der Waals surface area contributed by atoms with Gasteiger partial charge < -0.3 is 19.9 Å². The van der Waals surface area contributed by atoms with E-state index in [1.807, 2.05) is 91.0 Å². The lowest BCUT2D eigenvalue weighted by atomic mass is 9.93. The minimum Gasteiger partial charge on any atom is -0.494 e. The van der Waals surface area contributed by atoms with Crippen molar-refractivity contribution < 1.29 is 29.0 Å². The number of nitrogens with one attached hydrogen (secondary N) is 1. The second-order valence-electron chi connectivity index (χ2n) is 10.4. The molecule has 224 valence electrons. The van der Waals surface area contributed by atoms with Crippen molar-refractivity contribution in [3.8, 4) is 11.5 Å². The summed E-state index contributed by atoms with van der Waals surface area (Å²) in [5.41, 5.74) is 1.97. The van der Waals surface area contributed by atoms with Gasteiger partial charge in [0.1, 0.15) is 18.1 Å². The van der Waals surface area contributed by atoms with Gasteiger partial charge in [0.05, 0.1) is 6.61 Å². The number of benzene rings is 4. The molecule has 0 heterocycles. The summed E-state index contributed by atoms with van der Waals surface area (Å²) in [5, 5.41) is 14.6. The minimum absolute atomic E-state index is 0.0538. The zero-order valence-corrected chi connectivity index (χ0v) is 24.7. The molecule has 0 saturated carbocycles. The highest BCUT2D eigenvalue weighted by Crippen LogP contribution is 2.22. The first-order valence-corrected chi connectivity index (χ1v) is 14.8. The van der Waals surface area contributed by atoms with Gasteiger partial charge in [0.15, 0.2) is 5.78 Å². The molecule has 4 aromatic rings. The Hall–Kier alpha value is -4.36. The number of aliphatic carboxylic acids is 1. The lowest BCUT2D eigenvalue weighted by Crippen LogP contribution is -2.34. The van der Waals surface area contributed by atoms with Gasteiger partial charge in [-0.2, -0.15) is 0 Å². The van der Waals surface area contributed by atoms with Crippen LogP contribution in [0, 0.1) is 5.92 Å². The maximum Gasteiger partial charge on any atom is 0.303 e. The van der Waals surface area contributed by atoms with Gasteiger partial charge in [0.2, 0.25) is 5.91 Å². The second-order valence-corrected chi connectivity index (χ2v) is 10.9.